The third-order valence-electron chi connectivity index (χ3n) is 4.80. The van der Waals surface area contributed by atoms with Gasteiger partial charge in [0, 0.05) is 23.7 Å². The number of amides is 2. The molecule has 1 saturated heterocycles. The smallest absolute Gasteiger partial charge is 0.288 e. The predicted molar refractivity (Wildman–Crippen MR) is 113 cm³/mol. The summed E-state index contributed by atoms with van der Waals surface area (Å²) in [7, 11) is 0. The SMILES string of the molecule is O=C(Nc1cccc(SC(F)F)c1)C1CCCN(C(=O)CCOc2ccccc2)C1. The van der Waals surface area contributed by atoms with Crippen LogP contribution in [0.25, 0.3) is 0 Å². The van der Waals surface area contributed by atoms with Crippen LogP contribution in [0.3, 0.4) is 0 Å². The van der Waals surface area contributed by atoms with Crippen LogP contribution in [0.1, 0.15) is 19.3 Å². The van der Waals surface area contributed by atoms with Crippen LogP contribution in [0, 0.1) is 5.92 Å². The van der Waals surface area contributed by atoms with Gasteiger partial charge in [-0.2, -0.15) is 8.78 Å². The van der Waals surface area contributed by atoms with Crippen LogP contribution >= 0.6 is 11.8 Å². The van der Waals surface area contributed by atoms with Gasteiger partial charge >= 0.3 is 0 Å². The van der Waals surface area contributed by atoms with Crippen LogP contribution in [0.15, 0.2) is 59.5 Å². The Hall–Kier alpha value is -2.61. The Kier molecular flexibility index (Phi) is 8.07. The number of hydrogen-bond donors (Lipinski definition) is 1. The molecule has 1 heterocycles. The Morgan fingerprint density at radius 2 is 1.97 bits per heavy atom. The minimum Gasteiger partial charge on any atom is -0.493 e. The lowest BCUT2D eigenvalue weighted by Gasteiger charge is -2.32. The van der Waals surface area contributed by atoms with Gasteiger partial charge in [-0.05, 0) is 43.2 Å². The maximum atomic E-state index is 12.6. The number of hydrogen-bond acceptors (Lipinski definition) is 4. The number of ether oxygens (including phenoxy) is 1. The van der Waals surface area contributed by atoms with Crippen molar-refractivity contribution in [3.05, 3.63) is 54.6 Å². The normalized spacial score (nSPS) is 16.4. The molecule has 1 fully saturated rings. The van der Waals surface area contributed by atoms with Crippen LogP contribution in [0.5, 0.6) is 5.75 Å². The van der Waals surface area contributed by atoms with E-state index >= 15 is 0 Å². The van der Waals surface area contributed by atoms with Crippen LogP contribution in [0.2, 0.25) is 0 Å². The molecular weight excluding hydrogens is 410 g/mol. The number of piperidine rings is 1. The van der Waals surface area contributed by atoms with E-state index in [0.29, 0.717) is 47.6 Å². The number of alkyl halides is 2. The van der Waals surface area contributed by atoms with E-state index in [0.717, 1.165) is 6.42 Å². The fourth-order valence-electron chi connectivity index (χ4n) is 3.34. The second-order valence-electron chi connectivity index (χ2n) is 6.99. The summed E-state index contributed by atoms with van der Waals surface area (Å²) in [5, 5.41) is 2.79. The molecule has 3 rings (SSSR count). The number of rotatable bonds is 8. The number of carbonyl (C=O) groups is 2. The molecule has 1 N–H and O–H groups in total. The van der Waals surface area contributed by atoms with Crippen LogP contribution in [-0.4, -0.2) is 42.2 Å². The lowest BCUT2D eigenvalue weighted by molar-refractivity contribution is -0.135. The largest absolute Gasteiger partial charge is 0.493 e. The zero-order chi connectivity index (χ0) is 21.3. The lowest BCUT2D eigenvalue weighted by Crippen LogP contribution is -2.44. The molecule has 30 heavy (non-hydrogen) atoms. The summed E-state index contributed by atoms with van der Waals surface area (Å²) in [4.78, 5) is 27.2. The van der Waals surface area contributed by atoms with Crippen LogP contribution in [0.4, 0.5) is 14.5 Å². The van der Waals surface area contributed by atoms with Crippen molar-refractivity contribution in [3.8, 4) is 5.75 Å². The molecule has 160 valence electrons. The number of halogens is 2. The van der Waals surface area contributed by atoms with Crippen LogP contribution < -0.4 is 10.1 Å². The van der Waals surface area contributed by atoms with Gasteiger partial charge < -0.3 is 15.0 Å². The molecule has 1 unspecified atom stereocenters. The highest BCUT2D eigenvalue weighted by molar-refractivity contribution is 7.99. The molecule has 8 heteroatoms. The monoisotopic (exact) mass is 434 g/mol. The molecule has 2 amide bonds. The van der Waals surface area contributed by atoms with Gasteiger partial charge in [0.25, 0.3) is 5.76 Å². The summed E-state index contributed by atoms with van der Waals surface area (Å²) in [5.74, 6) is -2.37. The minimum atomic E-state index is -2.51. The molecule has 5 nitrogen and oxygen atoms in total. The van der Waals surface area contributed by atoms with E-state index in [1.54, 1.807) is 23.1 Å². The topological polar surface area (TPSA) is 58.6 Å². The lowest BCUT2D eigenvalue weighted by atomic mass is 9.96. The quantitative estimate of drug-likeness (QED) is 0.615. The number of carbonyl (C=O) groups excluding carboxylic acids is 2. The zero-order valence-electron chi connectivity index (χ0n) is 16.4. The number of nitrogens with zero attached hydrogens (tertiary/aromatic N) is 1. The Balaban J connectivity index is 1.48. The van der Waals surface area contributed by atoms with Crippen molar-refractivity contribution in [1.29, 1.82) is 0 Å². The second kappa shape index (κ2) is 11.0. The minimum absolute atomic E-state index is 0.0428. The molecule has 0 radical (unpaired) electrons. The predicted octanol–water partition coefficient (Wildman–Crippen LogP) is 4.65. The number of thioether (sulfide) groups is 1. The average Bonchev–Trinajstić information content (AvgIpc) is 2.74. The van der Waals surface area contributed by atoms with Gasteiger partial charge in [-0.1, -0.05) is 36.0 Å². The van der Waals surface area contributed by atoms with Gasteiger partial charge in [0.2, 0.25) is 11.8 Å². The van der Waals surface area contributed by atoms with Gasteiger partial charge in [-0.25, -0.2) is 0 Å². The molecule has 0 saturated carbocycles. The van der Waals surface area contributed by atoms with E-state index in [2.05, 4.69) is 5.32 Å². The summed E-state index contributed by atoms with van der Waals surface area (Å²) in [6, 6.07) is 15.7. The number of likely N-dealkylation sites (tertiary alicyclic amines) is 1. The van der Waals surface area contributed by atoms with Crippen molar-refractivity contribution < 1.29 is 23.1 Å². The molecular formula is C22H24F2N2O3S. The molecule has 0 bridgehead atoms. The van der Waals surface area contributed by atoms with Crippen molar-refractivity contribution in [3.63, 3.8) is 0 Å². The molecule has 1 aliphatic heterocycles. The van der Waals surface area contributed by atoms with Crippen LogP contribution in [-0.2, 0) is 9.59 Å². The maximum Gasteiger partial charge on any atom is 0.288 e. The van der Waals surface area contributed by atoms with Crippen molar-refractivity contribution in [2.45, 2.75) is 29.9 Å². The molecule has 2 aromatic rings. The van der Waals surface area contributed by atoms with Crippen molar-refractivity contribution in [2.24, 2.45) is 5.92 Å². The first-order valence-electron chi connectivity index (χ1n) is 9.82. The Morgan fingerprint density at radius 3 is 2.73 bits per heavy atom. The number of para-hydroxylation sites is 1. The summed E-state index contributed by atoms with van der Waals surface area (Å²) >= 11 is 0.436. The molecule has 0 spiro atoms. The van der Waals surface area contributed by atoms with E-state index in [1.165, 1.54) is 6.07 Å². The van der Waals surface area contributed by atoms with Gasteiger partial charge in [0.05, 0.1) is 18.9 Å². The maximum absolute atomic E-state index is 12.6. The Morgan fingerprint density at radius 1 is 1.17 bits per heavy atom. The van der Waals surface area contributed by atoms with Gasteiger partial charge in [-0.15, -0.1) is 0 Å². The van der Waals surface area contributed by atoms with E-state index in [9.17, 15) is 18.4 Å². The standard InChI is InChI=1S/C22H24F2N2O3S/c23-22(24)30-19-10-4-7-17(14-19)25-21(28)16-6-5-12-26(15-16)20(27)11-13-29-18-8-2-1-3-9-18/h1-4,7-10,14,16,22H,5-6,11-13,15H2,(H,25,28). The molecule has 2 aromatic carbocycles. The molecule has 1 aliphatic rings. The molecule has 0 aliphatic carbocycles. The van der Waals surface area contributed by atoms with Gasteiger partial charge in [0.1, 0.15) is 5.75 Å². The van der Waals surface area contributed by atoms with E-state index in [-0.39, 0.29) is 30.8 Å². The molecule has 0 aromatic heterocycles. The number of nitrogens with one attached hydrogen (secondary N) is 1. The number of anilines is 1. The average molecular weight is 435 g/mol. The first-order chi connectivity index (χ1) is 14.5. The van der Waals surface area contributed by atoms with Crippen molar-refractivity contribution in [1.82, 2.24) is 4.90 Å². The molecule has 1 atom stereocenters. The summed E-state index contributed by atoms with van der Waals surface area (Å²) < 4.78 is 30.7. The van der Waals surface area contributed by atoms with Gasteiger partial charge in [-0.3, -0.25) is 9.59 Å². The summed E-state index contributed by atoms with van der Waals surface area (Å²) in [6.45, 7) is 1.25. The van der Waals surface area contributed by atoms with Crippen molar-refractivity contribution >= 4 is 29.3 Å². The fraction of sp³-hybridized carbons (Fsp3) is 0.364. The van der Waals surface area contributed by atoms with Crippen molar-refractivity contribution in [2.75, 3.05) is 25.0 Å². The Labute approximate surface area is 178 Å². The van der Waals surface area contributed by atoms with E-state index in [4.69, 9.17) is 4.74 Å². The Bertz CT molecular complexity index is 851. The third-order valence-corrected chi connectivity index (χ3v) is 5.50. The summed E-state index contributed by atoms with van der Waals surface area (Å²) in [6.07, 6.45) is 1.67. The highest BCUT2D eigenvalue weighted by Gasteiger charge is 2.28. The first-order valence-corrected chi connectivity index (χ1v) is 10.7. The first kappa shape index (κ1) is 22.1. The highest BCUT2D eigenvalue weighted by atomic mass is 32.2. The zero-order valence-corrected chi connectivity index (χ0v) is 17.2. The fourth-order valence-corrected chi connectivity index (χ4v) is 3.90. The highest BCUT2D eigenvalue weighted by Crippen LogP contribution is 2.28. The van der Waals surface area contributed by atoms with E-state index in [1.807, 2.05) is 30.3 Å². The summed E-state index contributed by atoms with van der Waals surface area (Å²) in [5.41, 5.74) is 0.477. The van der Waals surface area contributed by atoms with Gasteiger partial charge in [0.15, 0.2) is 0 Å². The van der Waals surface area contributed by atoms with E-state index < -0.39 is 5.76 Å². The number of benzene rings is 2. The second-order valence-corrected chi connectivity index (χ2v) is 8.05. The third kappa shape index (κ3) is 6.73.